The van der Waals surface area contributed by atoms with Crippen LogP contribution in [0.15, 0.2) is 109 Å². The molecule has 0 N–H and O–H groups in total. The number of hydrogen-bond acceptors (Lipinski definition) is 2. The van der Waals surface area contributed by atoms with E-state index in [1.807, 2.05) is 41.9 Å². The molecular weight excluding hydrogens is 366 g/mol. The molecule has 4 aromatic carbocycles. The molecule has 0 unspecified atom stereocenters. The summed E-state index contributed by atoms with van der Waals surface area (Å²) in [7, 11) is 0. The van der Waals surface area contributed by atoms with Crippen LogP contribution in [0.2, 0.25) is 0 Å². The van der Waals surface area contributed by atoms with E-state index in [0.29, 0.717) is 0 Å². The highest BCUT2D eigenvalue weighted by Gasteiger charge is 2.19. The number of rotatable bonds is 4. The summed E-state index contributed by atoms with van der Waals surface area (Å²) < 4.78 is 2.00. The molecule has 0 bridgehead atoms. The number of aromatic nitrogens is 3. The second-order valence-electron chi connectivity index (χ2n) is 7.19. The normalized spacial score (nSPS) is 10.8. The van der Waals surface area contributed by atoms with Gasteiger partial charge in [-0.1, -0.05) is 109 Å². The Bertz CT molecular complexity index is 1220. The van der Waals surface area contributed by atoms with Crippen molar-refractivity contribution in [1.82, 2.24) is 14.8 Å². The van der Waals surface area contributed by atoms with E-state index in [2.05, 4.69) is 78.9 Å². The van der Waals surface area contributed by atoms with Crippen molar-refractivity contribution in [2.45, 2.75) is 6.92 Å². The maximum atomic E-state index is 4.84. The Hall–Kier alpha value is -3.98. The van der Waals surface area contributed by atoms with Crippen LogP contribution in [-0.2, 0) is 0 Å². The molecule has 0 fully saturated rings. The van der Waals surface area contributed by atoms with Crippen LogP contribution in [0.4, 0.5) is 0 Å². The predicted octanol–water partition coefficient (Wildman–Crippen LogP) is 6.58. The third-order valence-corrected chi connectivity index (χ3v) is 5.16. The van der Waals surface area contributed by atoms with Crippen molar-refractivity contribution in [2.75, 3.05) is 0 Å². The van der Waals surface area contributed by atoms with Gasteiger partial charge in [0.05, 0.1) is 5.69 Å². The SMILES string of the molecule is Cc1nc(-c2ccccc2)n(-c2c(-c3ccccc3)cccc2-c2ccccc2)n1. The largest absolute Gasteiger partial charge is 0.212 e. The molecule has 0 radical (unpaired) electrons. The summed E-state index contributed by atoms with van der Waals surface area (Å²) in [6.45, 7) is 1.94. The van der Waals surface area contributed by atoms with Crippen molar-refractivity contribution in [3.63, 3.8) is 0 Å². The fourth-order valence-corrected chi connectivity index (χ4v) is 3.82. The van der Waals surface area contributed by atoms with Crippen molar-refractivity contribution >= 4 is 0 Å². The van der Waals surface area contributed by atoms with E-state index in [4.69, 9.17) is 10.1 Å². The van der Waals surface area contributed by atoms with Gasteiger partial charge >= 0.3 is 0 Å². The van der Waals surface area contributed by atoms with Crippen LogP contribution in [0.25, 0.3) is 39.3 Å². The van der Waals surface area contributed by atoms with Gasteiger partial charge in [-0.05, 0) is 18.1 Å². The van der Waals surface area contributed by atoms with Gasteiger partial charge in [0.15, 0.2) is 5.82 Å². The Kier molecular flexibility index (Phi) is 4.70. The third kappa shape index (κ3) is 3.31. The van der Waals surface area contributed by atoms with Crippen LogP contribution in [0, 0.1) is 6.92 Å². The summed E-state index contributed by atoms with van der Waals surface area (Å²) >= 11 is 0. The molecule has 5 rings (SSSR count). The fraction of sp³-hybridized carbons (Fsp3) is 0.0370. The van der Waals surface area contributed by atoms with Crippen molar-refractivity contribution < 1.29 is 0 Å². The van der Waals surface area contributed by atoms with Crippen molar-refractivity contribution in [3.8, 4) is 39.3 Å². The van der Waals surface area contributed by atoms with Crippen LogP contribution in [0.3, 0.4) is 0 Å². The minimum absolute atomic E-state index is 0.746. The average molecular weight is 387 g/mol. The number of nitrogens with zero attached hydrogens (tertiary/aromatic N) is 3. The highest BCUT2D eigenvalue weighted by Crippen LogP contribution is 2.37. The molecule has 5 aromatic rings. The Morgan fingerprint density at radius 2 is 1.00 bits per heavy atom. The van der Waals surface area contributed by atoms with E-state index in [9.17, 15) is 0 Å². The Morgan fingerprint density at radius 3 is 1.50 bits per heavy atom. The van der Waals surface area contributed by atoms with E-state index in [-0.39, 0.29) is 0 Å². The predicted molar refractivity (Wildman–Crippen MR) is 122 cm³/mol. The van der Waals surface area contributed by atoms with Gasteiger partial charge in [-0.2, -0.15) is 5.10 Å². The summed E-state index contributed by atoms with van der Waals surface area (Å²) in [4.78, 5) is 4.78. The summed E-state index contributed by atoms with van der Waals surface area (Å²) in [5.74, 6) is 1.59. The van der Waals surface area contributed by atoms with Crippen molar-refractivity contribution in [1.29, 1.82) is 0 Å². The van der Waals surface area contributed by atoms with Gasteiger partial charge in [0.1, 0.15) is 5.82 Å². The summed E-state index contributed by atoms with van der Waals surface area (Å²) in [5.41, 5.74) is 6.63. The smallest absolute Gasteiger partial charge is 0.163 e. The number of benzene rings is 4. The molecule has 0 spiro atoms. The summed E-state index contributed by atoms with van der Waals surface area (Å²) in [5, 5.41) is 4.84. The second kappa shape index (κ2) is 7.80. The second-order valence-corrected chi connectivity index (χ2v) is 7.19. The molecule has 0 aliphatic carbocycles. The molecular formula is C27H21N3. The molecule has 0 saturated carbocycles. The van der Waals surface area contributed by atoms with Gasteiger partial charge in [0, 0.05) is 16.7 Å². The lowest BCUT2D eigenvalue weighted by Gasteiger charge is -2.17. The highest BCUT2D eigenvalue weighted by molar-refractivity contribution is 5.86. The van der Waals surface area contributed by atoms with E-state index >= 15 is 0 Å². The molecule has 0 atom stereocenters. The van der Waals surface area contributed by atoms with E-state index in [1.54, 1.807) is 0 Å². The zero-order valence-corrected chi connectivity index (χ0v) is 16.7. The fourth-order valence-electron chi connectivity index (χ4n) is 3.82. The van der Waals surface area contributed by atoms with E-state index < -0.39 is 0 Å². The van der Waals surface area contributed by atoms with Crippen molar-refractivity contribution in [2.24, 2.45) is 0 Å². The average Bonchev–Trinajstić information content (AvgIpc) is 3.21. The Morgan fingerprint density at radius 1 is 0.533 bits per heavy atom. The molecule has 3 heteroatoms. The zero-order valence-electron chi connectivity index (χ0n) is 16.7. The summed E-state index contributed by atoms with van der Waals surface area (Å²) in [6.07, 6.45) is 0. The van der Waals surface area contributed by atoms with Crippen LogP contribution in [0.1, 0.15) is 5.82 Å². The number of hydrogen-bond donors (Lipinski definition) is 0. The van der Waals surface area contributed by atoms with Gasteiger partial charge in [-0.3, -0.25) is 0 Å². The van der Waals surface area contributed by atoms with E-state index in [1.165, 1.54) is 0 Å². The lowest BCUT2D eigenvalue weighted by Crippen LogP contribution is -2.04. The van der Waals surface area contributed by atoms with Gasteiger partial charge in [-0.25, -0.2) is 9.67 Å². The molecule has 0 saturated heterocycles. The first-order chi connectivity index (χ1) is 14.8. The van der Waals surface area contributed by atoms with Crippen LogP contribution >= 0.6 is 0 Å². The lowest BCUT2D eigenvalue weighted by molar-refractivity contribution is 0.872. The van der Waals surface area contributed by atoms with Crippen LogP contribution < -0.4 is 0 Å². The standard InChI is InChI=1S/C27H21N3/c1-20-28-27(23-16-9-4-10-17-23)30(29-20)26-24(21-12-5-2-6-13-21)18-11-19-25(26)22-14-7-3-8-15-22/h2-19H,1H3. The van der Waals surface area contributed by atoms with Crippen molar-refractivity contribution in [3.05, 3.63) is 115 Å². The van der Waals surface area contributed by atoms with E-state index in [0.717, 1.165) is 45.2 Å². The Labute approximate surface area is 176 Å². The quantitative estimate of drug-likeness (QED) is 0.349. The Balaban J connectivity index is 1.84. The molecule has 1 aromatic heterocycles. The van der Waals surface area contributed by atoms with Gasteiger partial charge in [0.2, 0.25) is 0 Å². The molecule has 30 heavy (non-hydrogen) atoms. The van der Waals surface area contributed by atoms with Crippen LogP contribution in [0.5, 0.6) is 0 Å². The number of para-hydroxylation sites is 1. The molecule has 3 nitrogen and oxygen atoms in total. The molecule has 0 aliphatic rings. The van der Waals surface area contributed by atoms with Crippen LogP contribution in [-0.4, -0.2) is 14.8 Å². The number of aryl methyl sites for hydroxylation is 1. The molecule has 1 heterocycles. The minimum atomic E-state index is 0.746. The molecule has 0 amide bonds. The van der Waals surface area contributed by atoms with Gasteiger partial charge in [-0.15, -0.1) is 0 Å². The monoisotopic (exact) mass is 387 g/mol. The first-order valence-electron chi connectivity index (χ1n) is 10.0. The third-order valence-electron chi connectivity index (χ3n) is 5.16. The first kappa shape index (κ1) is 18.1. The molecule has 144 valence electrons. The maximum absolute atomic E-state index is 4.84. The molecule has 0 aliphatic heterocycles. The minimum Gasteiger partial charge on any atom is -0.212 e. The highest BCUT2D eigenvalue weighted by atomic mass is 15.4. The lowest BCUT2D eigenvalue weighted by atomic mass is 9.96. The summed E-state index contributed by atoms with van der Waals surface area (Å²) in [6, 6.07) is 37.6. The van der Waals surface area contributed by atoms with Gasteiger partial charge < -0.3 is 0 Å². The first-order valence-corrected chi connectivity index (χ1v) is 10.0. The van der Waals surface area contributed by atoms with Gasteiger partial charge in [0.25, 0.3) is 0 Å². The maximum Gasteiger partial charge on any atom is 0.163 e. The topological polar surface area (TPSA) is 30.7 Å². The zero-order chi connectivity index (χ0) is 20.3.